The lowest BCUT2D eigenvalue weighted by Crippen LogP contribution is -2.19. The fourth-order valence-electron chi connectivity index (χ4n) is 1.27. The van der Waals surface area contributed by atoms with Crippen LogP contribution in [0.1, 0.15) is 0 Å². The van der Waals surface area contributed by atoms with Crippen LogP contribution in [0, 0.1) is 0 Å². The number of rotatable bonds is 5. The predicted molar refractivity (Wildman–Crippen MR) is 84.9 cm³/mol. The maximum absolute atomic E-state index is 11.8. The zero-order chi connectivity index (χ0) is 14.4. The molecule has 1 aromatic carbocycles. The number of halogens is 1. The van der Waals surface area contributed by atoms with E-state index in [1.165, 1.54) is 11.8 Å². The van der Waals surface area contributed by atoms with Gasteiger partial charge < -0.3 is 5.32 Å². The second-order valence-electron chi connectivity index (χ2n) is 3.54. The van der Waals surface area contributed by atoms with E-state index in [1.807, 2.05) is 0 Å². The van der Waals surface area contributed by atoms with Crippen LogP contribution in [-0.4, -0.2) is 21.1 Å². The quantitative estimate of drug-likeness (QED) is 0.641. The van der Waals surface area contributed by atoms with Crippen molar-refractivity contribution in [3.63, 3.8) is 0 Å². The molecule has 0 bridgehead atoms. The van der Waals surface area contributed by atoms with Gasteiger partial charge in [-0.1, -0.05) is 41.6 Å². The Labute approximate surface area is 129 Å². The van der Waals surface area contributed by atoms with Crippen LogP contribution >= 0.6 is 34.9 Å². The molecule has 0 radical (unpaired) electrons. The van der Waals surface area contributed by atoms with Gasteiger partial charge >= 0.3 is 6.03 Å². The molecule has 0 aliphatic carbocycles. The molecule has 0 saturated carbocycles. The maximum atomic E-state index is 11.8. The van der Waals surface area contributed by atoms with Crippen molar-refractivity contribution in [3.05, 3.63) is 41.9 Å². The molecule has 0 atom stereocenters. The summed E-state index contributed by atoms with van der Waals surface area (Å²) in [6.45, 7) is 3.62. The number of nitrogens with one attached hydrogen (secondary N) is 2. The number of thioether (sulfide) groups is 1. The lowest BCUT2D eigenvalue weighted by atomic mass is 10.3. The number of carbonyl (C=O) groups excluding carboxylic acids is 1. The van der Waals surface area contributed by atoms with Crippen molar-refractivity contribution in [3.8, 4) is 0 Å². The smallest absolute Gasteiger partial charge is 0.306 e. The largest absolute Gasteiger partial charge is 0.325 e. The van der Waals surface area contributed by atoms with Gasteiger partial charge in [0.15, 0.2) is 0 Å². The highest BCUT2D eigenvalue weighted by Crippen LogP contribution is 2.22. The van der Waals surface area contributed by atoms with Gasteiger partial charge in [0, 0.05) is 17.3 Å². The van der Waals surface area contributed by atoms with Crippen LogP contribution in [0.15, 0.2) is 42.1 Å². The van der Waals surface area contributed by atoms with Crippen LogP contribution in [-0.2, 0) is 0 Å². The Morgan fingerprint density at radius 2 is 2.25 bits per heavy atom. The summed E-state index contributed by atoms with van der Waals surface area (Å²) in [5, 5.41) is 6.78. The minimum atomic E-state index is -0.408. The first-order chi connectivity index (χ1) is 9.69. The van der Waals surface area contributed by atoms with Crippen molar-refractivity contribution in [2.24, 2.45) is 0 Å². The van der Waals surface area contributed by atoms with Crippen LogP contribution in [0.5, 0.6) is 0 Å². The minimum Gasteiger partial charge on any atom is -0.306 e. The molecule has 5 nitrogen and oxygen atoms in total. The third kappa shape index (κ3) is 4.22. The second kappa shape index (κ2) is 7.28. The summed E-state index contributed by atoms with van der Waals surface area (Å²) < 4.78 is 4.11. The van der Waals surface area contributed by atoms with Gasteiger partial charge in [0.1, 0.15) is 0 Å². The van der Waals surface area contributed by atoms with E-state index in [1.54, 1.807) is 30.3 Å². The van der Waals surface area contributed by atoms with Crippen LogP contribution in [0.25, 0.3) is 0 Å². The fourth-order valence-corrected chi connectivity index (χ4v) is 2.72. The highest BCUT2D eigenvalue weighted by atomic mass is 35.5. The SMILES string of the molecule is C=CCSc1nsc(NC(=O)Nc2ccccc2Cl)n1. The third-order valence-electron chi connectivity index (χ3n) is 2.08. The normalized spacial score (nSPS) is 10.1. The van der Waals surface area contributed by atoms with Gasteiger partial charge in [-0.15, -0.1) is 6.58 Å². The summed E-state index contributed by atoms with van der Waals surface area (Å²) in [6, 6.07) is 6.59. The van der Waals surface area contributed by atoms with Crippen molar-refractivity contribution in [2.45, 2.75) is 5.16 Å². The topological polar surface area (TPSA) is 66.9 Å². The number of anilines is 2. The van der Waals surface area contributed by atoms with Crippen molar-refractivity contribution in [1.82, 2.24) is 9.36 Å². The van der Waals surface area contributed by atoms with E-state index in [4.69, 9.17) is 11.6 Å². The predicted octanol–water partition coefficient (Wildman–Crippen LogP) is 4.11. The molecule has 2 aromatic rings. The Morgan fingerprint density at radius 3 is 3.00 bits per heavy atom. The highest BCUT2D eigenvalue weighted by molar-refractivity contribution is 7.99. The molecule has 0 aliphatic rings. The average molecular weight is 327 g/mol. The molecule has 0 aliphatic heterocycles. The van der Waals surface area contributed by atoms with Gasteiger partial charge in [-0.25, -0.2) is 4.79 Å². The molecule has 2 amide bonds. The summed E-state index contributed by atoms with van der Waals surface area (Å²) in [6.07, 6.45) is 1.77. The van der Waals surface area contributed by atoms with Crippen molar-refractivity contribution in [1.29, 1.82) is 0 Å². The Hall–Kier alpha value is -1.57. The van der Waals surface area contributed by atoms with Gasteiger partial charge in [0.05, 0.1) is 10.7 Å². The van der Waals surface area contributed by atoms with Crippen molar-refractivity contribution < 1.29 is 4.79 Å². The Morgan fingerprint density at radius 1 is 1.45 bits per heavy atom. The molecule has 1 heterocycles. The number of hydrogen-bond acceptors (Lipinski definition) is 5. The second-order valence-corrected chi connectivity index (χ2v) is 5.69. The maximum Gasteiger partial charge on any atom is 0.325 e. The molecular weight excluding hydrogens is 316 g/mol. The summed E-state index contributed by atoms with van der Waals surface area (Å²) in [5.41, 5.74) is 0.539. The van der Waals surface area contributed by atoms with Crippen LogP contribution < -0.4 is 10.6 Å². The van der Waals surface area contributed by atoms with E-state index in [9.17, 15) is 4.79 Å². The van der Waals surface area contributed by atoms with Gasteiger partial charge in [-0.05, 0) is 12.1 Å². The van der Waals surface area contributed by atoms with E-state index in [2.05, 4.69) is 26.6 Å². The third-order valence-corrected chi connectivity index (χ3v) is 4.00. The average Bonchev–Trinajstić information content (AvgIpc) is 2.86. The molecule has 20 heavy (non-hydrogen) atoms. The number of benzene rings is 1. The molecular formula is C12H11ClN4OS2. The summed E-state index contributed by atoms with van der Waals surface area (Å²) in [5.74, 6) is 0.724. The zero-order valence-electron chi connectivity index (χ0n) is 10.3. The van der Waals surface area contributed by atoms with Gasteiger partial charge in [0.2, 0.25) is 10.3 Å². The Kier molecular flexibility index (Phi) is 5.40. The molecule has 0 saturated heterocycles. The summed E-state index contributed by atoms with van der Waals surface area (Å²) in [7, 11) is 0. The first-order valence-corrected chi connectivity index (χ1v) is 7.72. The molecule has 0 fully saturated rings. The van der Waals surface area contributed by atoms with E-state index in [-0.39, 0.29) is 0 Å². The molecule has 0 unspecified atom stereocenters. The van der Waals surface area contributed by atoms with E-state index >= 15 is 0 Å². The molecule has 8 heteroatoms. The lowest BCUT2D eigenvalue weighted by molar-refractivity contribution is 0.262. The highest BCUT2D eigenvalue weighted by Gasteiger charge is 2.09. The number of nitrogens with zero attached hydrogens (tertiary/aromatic N) is 2. The number of urea groups is 1. The van der Waals surface area contributed by atoms with Gasteiger partial charge in [-0.3, -0.25) is 5.32 Å². The first kappa shape index (κ1) is 14.8. The summed E-state index contributed by atoms with van der Waals surface area (Å²) in [4.78, 5) is 16.0. The van der Waals surface area contributed by atoms with Crippen molar-refractivity contribution >= 4 is 51.7 Å². The number of amides is 2. The zero-order valence-corrected chi connectivity index (χ0v) is 12.7. The molecule has 2 N–H and O–H groups in total. The van der Waals surface area contributed by atoms with Gasteiger partial charge in [0.25, 0.3) is 0 Å². The molecule has 0 spiro atoms. The number of para-hydroxylation sites is 1. The van der Waals surface area contributed by atoms with Gasteiger partial charge in [-0.2, -0.15) is 9.36 Å². The number of aromatic nitrogens is 2. The molecule has 104 valence electrons. The first-order valence-electron chi connectivity index (χ1n) is 5.59. The van der Waals surface area contributed by atoms with E-state index in [0.29, 0.717) is 21.0 Å². The Balaban J connectivity index is 1.93. The Bertz CT molecular complexity index is 617. The number of hydrogen-bond donors (Lipinski definition) is 2. The van der Waals surface area contributed by atoms with E-state index < -0.39 is 6.03 Å². The van der Waals surface area contributed by atoms with Crippen LogP contribution in [0.2, 0.25) is 5.02 Å². The number of carbonyl (C=O) groups is 1. The fraction of sp³-hybridized carbons (Fsp3) is 0.0833. The minimum absolute atomic E-state index is 0.408. The summed E-state index contributed by atoms with van der Waals surface area (Å²) >= 11 is 8.53. The molecule has 2 rings (SSSR count). The van der Waals surface area contributed by atoms with E-state index in [0.717, 1.165) is 17.3 Å². The monoisotopic (exact) mass is 326 g/mol. The standard InChI is InChI=1S/C12H11ClN4OS2/c1-2-7-19-12-16-11(20-17-12)15-10(18)14-9-6-4-3-5-8(9)13/h2-6H,1,7H2,(H2,14,15,16,17,18). The lowest BCUT2D eigenvalue weighted by Gasteiger charge is -2.06. The van der Waals surface area contributed by atoms with Crippen LogP contribution in [0.3, 0.4) is 0 Å². The van der Waals surface area contributed by atoms with Crippen LogP contribution in [0.4, 0.5) is 15.6 Å². The van der Waals surface area contributed by atoms with Crippen molar-refractivity contribution in [2.75, 3.05) is 16.4 Å². The molecule has 1 aromatic heterocycles.